The number of nitrogens with zero attached hydrogens (tertiary/aromatic N) is 2. The number of anilines is 2. The Morgan fingerprint density at radius 3 is 2.43 bits per heavy atom. The highest BCUT2D eigenvalue weighted by atomic mass is 79.9. The summed E-state index contributed by atoms with van der Waals surface area (Å²) in [5.74, 6) is 1.03. The van der Waals surface area contributed by atoms with Gasteiger partial charge in [0.15, 0.2) is 11.5 Å². The van der Waals surface area contributed by atoms with E-state index in [1.807, 2.05) is 67.5 Å². The molecule has 2 aliphatic heterocycles. The Balaban J connectivity index is 1.50. The molecule has 8 nitrogen and oxygen atoms in total. The molecule has 0 radical (unpaired) electrons. The summed E-state index contributed by atoms with van der Waals surface area (Å²) in [5.41, 5.74) is 4.78. The number of carbonyl (C=O) groups is 2. The summed E-state index contributed by atoms with van der Waals surface area (Å²) in [7, 11) is 5.76. The van der Waals surface area contributed by atoms with E-state index in [0.717, 1.165) is 33.5 Å². The van der Waals surface area contributed by atoms with E-state index in [-0.39, 0.29) is 18.6 Å². The fourth-order valence-corrected chi connectivity index (χ4v) is 4.60. The highest BCUT2D eigenvalue weighted by Crippen LogP contribution is 2.41. The van der Waals surface area contributed by atoms with Crippen molar-refractivity contribution < 1.29 is 19.1 Å². The first-order valence-corrected chi connectivity index (χ1v) is 12.6. The molecular formula is C28H27BrN4O4. The summed E-state index contributed by atoms with van der Waals surface area (Å²) < 4.78 is 11.9. The van der Waals surface area contributed by atoms with Gasteiger partial charge in [0.05, 0.1) is 17.0 Å². The van der Waals surface area contributed by atoms with Gasteiger partial charge in [0.2, 0.25) is 6.79 Å². The van der Waals surface area contributed by atoms with Crippen molar-refractivity contribution in [3.8, 4) is 11.5 Å². The van der Waals surface area contributed by atoms with Crippen LogP contribution in [0.5, 0.6) is 11.5 Å². The topological polar surface area (TPSA) is 83.1 Å². The molecule has 0 aromatic heterocycles. The Labute approximate surface area is 224 Å². The molecule has 37 heavy (non-hydrogen) atoms. The fraction of sp³-hybridized carbons (Fsp3) is 0.214. The maximum Gasteiger partial charge on any atom is 0.258 e. The minimum atomic E-state index is -0.206. The van der Waals surface area contributed by atoms with Crippen LogP contribution in [0.1, 0.15) is 21.5 Å². The number of ether oxygens (including phenoxy) is 2. The molecule has 0 saturated carbocycles. The Kier molecular flexibility index (Phi) is 6.90. The van der Waals surface area contributed by atoms with Crippen LogP contribution in [-0.4, -0.2) is 62.6 Å². The quantitative estimate of drug-likeness (QED) is 0.404. The number of likely N-dealkylation sites (N-methyl/N-ethyl adjacent to an activating group) is 2. The van der Waals surface area contributed by atoms with Crippen LogP contribution < -0.4 is 20.1 Å². The number of rotatable bonds is 7. The van der Waals surface area contributed by atoms with E-state index in [1.165, 1.54) is 0 Å². The first-order valence-electron chi connectivity index (χ1n) is 11.8. The minimum Gasteiger partial charge on any atom is -0.454 e. The predicted molar refractivity (Wildman–Crippen MR) is 148 cm³/mol. The van der Waals surface area contributed by atoms with Gasteiger partial charge in [0.25, 0.3) is 11.8 Å². The van der Waals surface area contributed by atoms with Crippen molar-refractivity contribution >= 4 is 50.4 Å². The van der Waals surface area contributed by atoms with Crippen LogP contribution >= 0.6 is 15.9 Å². The van der Waals surface area contributed by atoms with Crippen molar-refractivity contribution in [3.63, 3.8) is 0 Å². The Hall–Kier alpha value is -3.82. The van der Waals surface area contributed by atoms with Gasteiger partial charge in [-0.1, -0.05) is 22.0 Å². The highest BCUT2D eigenvalue weighted by molar-refractivity contribution is 9.10. The average Bonchev–Trinajstić information content (AvgIpc) is 3.48. The van der Waals surface area contributed by atoms with E-state index in [1.54, 1.807) is 24.1 Å². The third kappa shape index (κ3) is 5.19. The molecule has 0 aliphatic carbocycles. The molecule has 190 valence electrons. The average molecular weight is 563 g/mol. The molecule has 0 unspecified atom stereocenters. The zero-order valence-corrected chi connectivity index (χ0v) is 22.4. The number of benzene rings is 3. The second-order valence-electron chi connectivity index (χ2n) is 9.19. The zero-order chi connectivity index (χ0) is 26.1. The summed E-state index contributed by atoms with van der Waals surface area (Å²) in [5, 5.41) is 6.39. The van der Waals surface area contributed by atoms with E-state index >= 15 is 0 Å². The summed E-state index contributed by atoms with van der Waals surface area (Å²) in [4.78, 5) is 29.8. The molecule has 0 bridgehead atoms. The molecule has 0 atom stereocenters. The fourth-order valence-electron chi connectivity index (χ4n) is 4.24. The molecule has 0 saturated heterocycles. The van der Waals surface area contributed by atoms with Gasteiger partial charge in [-0.3, -0.25) is 9.59 Å². The Morgan fingerprint density at radius 1 is 0.946 bits per heavy atom. The number of amides is 2. The highest BCUT2D eigenvalue weighted by Gasteiger charge is 2.29. The standard InChI is InChI=1S/C28H27BrN4O4/c1-32(2)12-13-33(3)28(35)17-4-8-20(9-5-17)30-26(18-6-11-23-24(14-18)37-16-36-23)25-21-10-7-19(29)15-22(21)31-27(25)34/h4-11,14-15,30H,12-13,16H2,1-3H3,(H,31,34). The molecule has 2 aliphatic rings. The van der Waals surface area contributed by atoms with Crippen molar-refractivity contribution in [2.75, 3.05) is 51.7 Å². The molecule has 3 aromatic rings. The van der Waals surface area contributed by atoms with E-state index in [2.05, 4.69) is 26.6 Å². The van der Waals surface area contributed by atoms with Crippen molar-refractivity contribution in [3.05, 3.63) is 81.8 Å². The van der Waals surface area contributed by atoms with Crippen molar-refractivity contribution in [2.45, 2.75) is 0 Å². The lowest BCUT2D eigenvalue weighted by Crippen LogP contribution is -2.33. The van der Waals surface area contributed by atoms with Crippen molar-refractivity contribution in [1.29, 1.82) is 0 Å². The first kappa shape index (κ1) is 24.9. The van der Waals surface area contributed by atoms with Crippen LogP contribution in [0, 0.1) is 0 Å². The van der Waals surface area contributed by atoms with Crippen molar-refractivity contribution in [1.82, 2.24) is 9.80 Å². The van der Waals surface area contributed by atoms with Crippen LogP contribution in [0.3, 0.4) is 0 Å². The number of carbonyl (C=O) groups excluding carboxylic acids is 2. The largest absolute Gasteiger partial charge is 0.454 e. The number of halogens is 1. The molecule has 9 heteroatoms. The van der Waals surface area contributed by atoms with Gasteiger partial charge in [-0.2, -0.15) is 0 Å². The molecule has 2 N–H and O–H groups in total. The molecule has 2 heterocycles. The lowest BCUT2D eigenvalue weighted by atomic mass is 9.99. The second kappa shape index (κ2) is 10.3. The van der Waals surface area contributed by atoms with E-state index in [4.69, 9.17) is 9.47 Å². The maximum atomic E-state index is 13.2. The SMILES string of the molecule is CN(C)CCN(C)C(=O)c1ccc(NC(=C2C(=O)Nc3cc(Br)ccc32)c2ccc3c(c2)OCO3)cc1. The molecule has 0 fully saturated rings. The number of hydrogen-bond acceptors (Lipinski definition) is 6. The van der Waals surface area contributed by atoms with E-state index < -0.39 is 0 Å². The number of nitrogens with one attached hydrogen (secondary N) is 2. The summed E-state index contributed by atoms with van der Waals surface area (Å²) in [6, 6.07) is 18.5. The van der Waals surface area contributed by atoms with Gasteiger partial charge in [0, 0.05) is 47.0 Å². The molecule has 5 rings (SSSR count). The predicted octanol–water partition coefficient (Wildman–Crippen LogP) is 4.74. The van der Waals surface area contributed by atoms with Gasteiger partial charge in [-0.25, -0.2) is 0 Å². The van der Waals surface area contributed by atoms with Crippen LogP contribution in [0.25, 0.3) is 11.3 Å². The van der Waals surface area contributed by atoms with Gasteiger partial charge >= 0.3 is 0 Å². The molecule has 0 spiro atoms. The van der Waals surface area contributed by atoms with Gasteiger partial charge in [-0.15, -0.1) is 0 Å². The Morgan fingerprint density at radius 2 is 1.68 bits per heavy atom. The summed E-state index contributed by atoms with van der Waals surface area (Å²) >= 11 is 3.47. The number of hydrogen-bond donors (Lipinski definition) is 2. The van der Waals surface area contributed by atoms with E-state index in [9.17, 15) is 9.59 Å². The zero-order valence-electron chi connectivity index (χ0n) is 20.8. The van der Waals surface area contributed by atoms with Gasteiger partial charge < -0.3 is 29.9 Å². The number of fused-ring (bicyclic) bond motifs is 2. The van der Waals surface area contributed by atoms with Crippen LogP contribution in [0.2, 0.25) is 0 Å². The lowest BCUT2D eigenvalue weighted by molar-refractivity contribution is -0.110. The Bertz CT molecular complexity index is 1400. The smallest absolute Gasteiger partial charge is 0.258 e. The first-order chi connectivity index (χ1) is 17.8. The monoisotopic (exact) mass is 562 g/mol. The van der Waals surface area contributed by atoms with Gasteiger partial charge in [0.1, 0.15) is 0 Å². The van der Waals surface area contributed by atoms with Crippen molar-refractivity contribution in [2.24, 2.45) is 0 Å². The lowest BCUT2D eigenvalue weighted by Gasteiger charge is -2.20. The summed E-state index contributed by atoms with van der Waals surface area (Å²) in [6.07, 6.45) is 0. The van der Waals surface area contributed by atoms with Crippen LogP contribution in [0.15, 0.2) is 65.1 Å². The maximum absolute atomic E-state index is 13.2. The molecule has 2 amide bonds. The second-order valence-corrected chi connectivity index (χ2v) is 10.1. The minimum absolute atomic E-state index is 0.0441. The van der Waals surface area contributed by atoms with Crippen LogP contribution in [0.4, 0.5) is 11.4 Å². The third-order valence-electron chi connectivity index (χ3n) is 6.27. The van der Waals surface area contributed by atoms with E-state index in [0.29, 0.717) is 34.9 Å². The molecule has 3 aromatic carbocycles. The van der Waals surface area contributed by atoms with Gasteiger partial charge in [-0.05, 0) is 68.7 Å². The molecular weight excluding hydrogens is 536 g/mol. The normalized spacial score (nSPS) is 14.9. The van der Waals surface area contributed by atoms with Crippen LogP contribution in [-0.2, 0) is 4.79 Å². The third-order valence-corrected chi connectivity index (χ3v) is 6.76. The summed E-state index contributed by atoms with van der Waals surface area (Å²) in [6.45, 7) is 1.58.